The minimum atomic E-state index is -0.601. The quantitative estimate of drug-likeness (QED) is 0.613. The van der Waals surface area contributed by atoms with Crippen molar-refractivity contribution in [2.24, 2.45) is 0 Å². The molecule has 0 unspecified atom stereocenters. The van der Waals surface area contributed by atoms with Gasteiger partial charge in [-0.25, -0.2) is 4.79 Å². The maximum atomic E-state index is 11.5. The van der Waals surface area contributed by atoms with Gasteiger partial charge in [0.25, 0.3) is 0 Å². The van der Waals surface area contributed by atoms with Crippen LogP contribution < -0.4 is 14.8 Å². The van der Waals surface area contributed by atoms with Gasteiger partial charge in [0.15, 0.2) is 11.5 Å². The second kappa shape index (κ2) is 9.46. The van der Waals surface area contributed by atoms with Crippen LogP contribution in [0.25, 0.3) is 0 Å². The molecule has 1 aliphatic rings. The largest absolute Gasteiger partial charge is 0.493 e. The van der Waals surface area contributed by atoms with Gasteiger partial charge in [-0.1, -0.05) is 0 Å². The highest BCUT2D eigenvalue weighted by Gasteiger charge is 2.18. The molecule has 0 amide bonds. The van der Waals surface area contributed by atoms with Crippen LogP contribution in [0.2, 0.25) is 0 Å². The molecule has 0 aromatic heterocycles. The summed E-state index contributed by atoms with van der Waals surface area (Å²) in [5.74, 6) is 0.459. The van der Waals surface area contributed by atoms with E-state index in [4.69, 9.17) is 14.2 Å². The van der Waals surface area contributed by atoms with Crippen molar-refractivity contribution in [3.63, 3.8) is 0 Å². The third-order valence-corrected chi connectivity index (χ3v) is 3.91. The summed E-state index contributed by atoms with van der Waals surface area (Å²) in [6, 6.07) is 4.78. The Labute approximate surface area is 141 Å². The molecule has 2 rings (SSSR count). The van der Waals surface area contributed by atoms with E-state index in [1.807, 2.05) is 5.32 Å². The highest BCUT2D eigenvalue weighted by Crippen LogP contribution is 2.28. The van der Waals surface area contributed by atoms with Crippen LogP contribution in [0.4, 0.5) is 0 Å². The standard InChI is InChI=1S/C17H25NO6/c1-21-16-8-12(17(20)22-2)5-6-15(16)24-11-13(19)9-18-10-14-4-3-7-23-14/h5-6,8,13-14,18-19H,3-4,7,9-11H2,1-2H3/p+1/t13-,14-/m1/s1. The third kappa shape index (κ3) is 5.36. The van der Waals surface area contributed by atoms with Gasteiger partial charge in [-0.15, -0.1) is 0 Å². The first-order chi connectivity index (χ1) is 11.6. The van der Waals surface area contributed by atoms with Crippen LogP contribution in [0.1, 0.15) is 23.2 Å². The van der Waals surface area contributed by atoms with Crippen molar-refractivity contribution in [1.29, 1.82) is 0 Å². The Morgan fingerprint density at radius 1 is 1.42 bits per heavy atom. The number of methoxy groups -OCH3 is 2. The minimum Gasteiger partial charge on any atom is -0.493 e. The summed E-state index contributed by atoms with van der Waals surface area (Å²) in [5, 5.41) is 12.1. The molecule has 1 aliphatic heterocycles. The van der Waals surface area contributed by atoms with Gasteiger partial charge >= 0.3 is 5.97 Å². The number of hydrogen-bond donors (Lipinski definition) is 2. The molecular weight excluding hydrogens is 314 g/mol. The number of hydrogen-bond acceptors (Lipinski definition) is 6. The number of quaternary nitrogens is 1. The van der Waals surface area contributed by atoms with Gasteiger partial charge in [0.2, 0.25) is 0 Å². The van der Waals surface area contributed by atoms with E-state index in [9.17, 15) is 9.90 Å². The molecule has 3 N–H and O–H groups in total. The monoisotopic (exact) mass is 340 g/mol. The fraction of sp³-hybridized carbons (Fsp3) is 0.588. The van der Waals surface area contributed by atoms with Crippen LogP contribution in [0.5, 0.6) is 11.5 Å². The molecule has 1 aromatic carbocycles. The van der Waals surface area contributed by atoms with Gasteiger partial charge in [-0.2, -0.15) is 0 Å². The Morgan fingerprint density at radius 2 is 2.25 bits per heavy atom. The third-order valence-electron chi connectivity index (χ3n) is 3.91. The van der Waals surface area contributed by atoms with Crippen LogP contribution >= 0.6 is 0 Å². The van der Waals surface area contributed by atoms with Crippen molar-refractivity contribution in [2.75, 3.05) is 40.5 Å². The lowest BCUT2D eigenvalue weighted by Gasteiger charge is -2.15. The molecule has 1 aromatic rings. The maximum absolute atomic E-state index is 11.5. The molecule has 0 radical (unpaired) electrons. The summed E-state index contributed by atoms with van der Waals surface area (Å²) in [4.78, 5) is 11.5. The van der Waals surface area contributed by atoms with Gasteiger partial charge in [0, 0.05) is 6.61 Å². The predicted molar refractivity (Wildman–Crippen MR) is 86.5 cm³/mol. The SMILES string of the molecule is COC(=O)c1ccc(OC[C@H](O)C[NH2+]C[C@H]2CCCO2)c(OC)c1. The van der Waals surface area contributed by atoms with E-state index in [-0.39, 0.29) is 6.61 Å². The van der Waals surface area contributed by atoms with Crippen LogP contribution in [0.3, 0.4) is 0 Å². The molecule has 0 saturated carbocycles. The summed E-state index contributed by atoms with van der Waals surface area (Å²) in [7, 11) is 2.82. The van der Waals surface area contributed by atoms with E-state index in [0.717, 1.165) is 26.0 Å². The van der Waals surface area contributed by atoms with Gasteiger partial charge in [-0.05, 0) is 31.0 Å². The van der Waals surface area contributed by atoms with E-state index in [0.29, 0.717) is 29.7 Å². The number of nitrogens with two attached hydrogens (primary N) is 1. The molecule has 0 spiro atoms. The zero-order valence-electron chi connectivity index (χ0n) is 14.2. The van der Waals surface area contributed by atoms with Crippen LogP contribution in [0, 0.1) is 0 Å². The number of esters is 1. The average Bonchev–Trinajstić information content (AvgIpc) is 3.12. The smallest absolute Gasteiger partial charge is 0.337 e. The molecule has 134 valence electrons. The second-order valence-corrected chi connectivity index (χ2v) is 5.72. The molecule has 1 saturated heterocycles. The predicted octanol–water partition coefficient (Wildman–Crippen LogP) is -0.0361. The summed E-state index contributed by atoms with van der Waals surface area (Å²) in [5.41, 5.74) is 0.382. The van der Waals surface area contributed by atoms with E-state index in [1.54, 1.807) is 18.2 Å². The Morgan fingerprint density at radius 3 is 2.92 bits per heavy atom. The molecule has 1 heterocycles. The maximum Gasteiger partial charge on any atom is 0.337 e. The van der Waals surface area contributed by atoms with Gasteiger partial charge in [-0.3, -0.25) is 0 Å². The fourth-order valence-corrected chi connectivity index (χ4v) is 2.59. The second-order valence-electron chi connectivity index (χ2n) is 5.72. The fourth-order valence-electron chi connectivity index (χ4n) is 2.59. The zero-order chi connectivity index (χ0) is 17.4. The molecule has 1 fully saturated rings. The number of aliphatic hydroxyl groups excluding tert-OH is 1. The number of benzene rings is 1. The van der Waals surface area contributed by atoms with E-state index in [1.165, 1.54) is 14.2 Å². The molecule has 24 heavy (non-hydrogen) atoms. The zero-order valence-corrected chi connectivity index (χ0v) is 14.2. The number of carbonyl (C=O) groups excluding carboxylic acids is 1. The minimum absolute atomic E-state index is 0.149. The molecule has 7 heteroatoms. The van der Waals surface area contributed by atoms with E-state index < -0.39 is 12.1 Å². The molecule has 2 atom stereocenters. The highest BCUT2D eigenvalue weighted by molar-refractivity contribution is 5.90. The molecular formula is C17H26NO6+. The number of ether oxygens (including phenoxy) is 4. The summed E-state index contributed by atoms with van der Waals surface area (Å²) < 4.78 is 21.0. The number of rotatable bonds is 9. The first-order valence-corrected chi connectivity index (χ1v) is 8.14. The summed E-state index contributed by atoms with van der Waals surface area (Å²) in [6.07, 6.45) is 1.90. The lowest BCUT2D eigenvalue weighted by Crippen LogP contribution is -2.88. The van der Waals surface area contributed by atoms with Crippen molar-refractivity contribution < 1.29 is 34.2 Å². The highest BCUT2D eigenvalue weighted by atomic mass is 16.5. The lowest BCUT2D eigenvalue weighted by atomic mass is 10.2. The van der Waals surface area contributed by atoms with Crippen molar-refractivity contribution in [3.8, 4) is 11.5 Å². The Bertz CT molecular complexity index is 530. The molecule has 0 bridgehead atoms. The number of aliphatic hydroxyl groups is 1. The number of carbonyl (C=O) groups is 1. The van der Waals surface area contributed by atoms with Gasteiger partial charge in [0.05, 0.1) is 19.8 Å². The van der Waals surface area contributed by atoms with Crippen LogP contribution in [-0.4, -0.2) is 63.8 Å². The lowest BCUT2D eigenvalue weighted by molar-refractivity contribution is -0.666. The Balaban J connectivity index is 1.78. The topological polar surface area (TPSA) is 90.8 Å². The molecule has 7 nitrogen and oxygen atoms in total. The van der Waals surface area contributed by atoms with Crippen molar-refractivity contribution >= 4 is 5.97 Å². The van der Waals surface area contributed by atoms with E-state index in [2.05, 4.69) is 4.74 Å². The average molecular weight is 340 g/mol. The van der Waals surface area contributed by atoms with Crippen molar-refractivity contribution in [1.82, 2.24) is 0 Å². The van der Waals surface area contributed by atoms with Gasteiger partial charge in [0.1, 0.15) is 31.9 Å². The first kappa shape index (κ1) is 18.5. The van der Waals surface area contributed by atoms with E-state index >= 15 is 0 Å². The van der Waals surface area contributed by atoms with Gasteiger partial charge < -0.3 is 29.4 Å². The first-order valence-electron chi connectivity index (χ1n) is 8.14. The Kier molecular flexibility index (Phi) is 7.30. The normalized spacial score (nSPS) is 18.2. The van der Waals surface area contributed by atoms with Crippen LogP contribution in [0.15, 0.2) is 18.2 Å². The molecule has 0 aliphatic carbocycles. The van der Waals surface area contributed by atoms with Crippen molar-refractivity contribution in [3.05, 3.63) is 23.8 Å². The Hall–Kier alpha value is -1.83. The van der Waals surface area contributed by atoms with Crippen molar-refractivity contribution in [2.45, 2.75) is 25.0 Å². The van der Waals surface area contributed by atoms with Crippen LogP contribution in [-0.2, 0) is 9.47 Å². The summed E-state index contributed by atoms with van der Waals surface area (Å²) in [6.45, 7) is 2.39. The summed E-state index contributed by atoms with van der Waals surface area (Å²) >= 11 is 0.